The molecule has 1 aliphatic carbocycles. The highest BCUT2D eigenvalue weighted by Gasteiger charge is 2.19. The van der Waals surface area contributed by atoms with Gasteiger partial charge in [-0.05, 0) is 43.4 Å². The molecule has 0 heterocycles. The van der Waals surface area contributed by atoms with Crippen molar-refractivity contribution in [3.8, 4) is 0 Å². The molecule has 2 rings (SSSR count). The van der Waals surface area contributed by atoms with E-state index in [2.05, 4.69) is 0 Å². The minimum Gasteiger partial charge on any atom is -0.207 e. The maximum atomic E-state index is 13.3. The molecule has 0 N–H and O–H groups in total. The van der Waals surface area contributed by atoms with E-state index in [1.165, 1.54) is 31.9 Å². The van der Waals surface area contributed by atoms with E-state index in [0.29, 0.717) is 5.92 Å². The zero-order chi connectivity index (χ0) is 14.1. The van der Waals surface area contributed by atoms with Crippen LogP contribution in [0.15, 0.2) is 12.1 Å². The summed E-state index contributed by atoms with van der Waals surface area (Å²) in [5, 5.41) is 0. The molecule has 0 amide bonds. The lowest BCUT2D eigenvalue weighted by atomic mass is 9.96. The normalized spacial score (nSPS) is 14.4. The minimum absolute atomic E-state index is 0.131. The van der Waals surface area contributed by atoms with E-state index in [9.17, 15) is 8.78 Å². The van der Waals surface area contributed by atoms with Crippen molar-refractivity contribution in [1.82, 2.24) is 0 Å². The maximum absolute atomic E-state index is 13.3. The van der Waals surface area contributed by atoms with Crippen molar-refractivity contribution >= 4 is 0 Å². The second-order valence-corrected chi connectivity index (χ2v) is 4.09. The summed E-state index contributed by atoms with van der Waals surface area (Å²) in [4.78, 5) is 0. The van der Waals surface area contributed by atoms with Crippen LogP contribution in [0.3, 0.4) is 0 Å². The highest BCUT2D eigenvalue weighted by molar-refractivity contribution is 5.28. The van der Waals surface area contributed by atoms with E-state index in [4.69, 9.17) is 0 Å². The Kier molecular flexibility index (Phi) is 8.61. The highest BCUT2D eigenvalue weighted by atomic mass is 19.1. The molecule has 0 nitrogen and oxygen atoms in total. The fourth-order valence-corrected chi connectivity index (χ4v) is 2.16. The van der Waals surface area contributed by atoms with Gasteiger partial charge in [-0.3, -0.25) is 0 Å². The van der Waals surface area contributed by atoms with Crippen LogP contribution in [0.2, 0.25) is 0 Å². The van der Waals surface area contributed by atoms with E-state index in [1.54, 1.807) is 0 Å². The summed E-state index contributed by atoms with van der Waals surface area (Å²) in [6.45, 7) is 9.48. The number of benzene rings is 1. The predicted octanol–water partition coefficient (Wildman–Crippen LogP) is 5.98. The molecule has 0 aromatic heterocycles. The third kappa shape index (κ3) is 4.40. The lowest BCUT2D eigenvalue weighted by Gasteiger charge is -2.10. The van der Waals surface area contributed by atoms with Gasteiger partial charge in [0.15, 0.2) is 0 Å². The van der Waals surface area contributed by atoms with Gasteiger partial charge in [-0.25, -0.2) is 8.78 Å². The van der Waals surface area contributed by atoms with Gasteiger partial charge in [0.05, 0.1) is 0 Å². The van der Waals surface area contributed by atoms with Crippen LogP contribution < -0.4 is 0 Å². The number of halogens is 2. The summed E-state index contributed by atoms with van der Waals surface area (Å²) >= 11 is 0. The molecule has 104 valence electrons. The van der Waals surface area contributed by atoms with Crippen molar-refractivity contribution < 1.29 is 8.78 Å². The average Bonchev–Trinajstić information content (AvgIpc) is 2.94. The SMILES string of the molecule is CC.CC.Cc1c(F)cc(C2CCCC2)cc1F. The van der Waals surface area contributed by atoms with Crippen molar-refractivity contribution in [3.63, 3.8) is 0 Å². The fraction of sp³-hybridized carbons (Fsp3) is 0.625. The van der Waals surface area contributed by atoms with Crippen molar-refractivity contribution in [2.45, 2.75) is 66.2 Å². The van der Waals surface area contributed by atoms with Crippen molar-refractivity contribution in [1.29, 1.82) is 0 Å². The van der Waals surface area contributed by atoms with Gasteiger partial charge >= 0.3 is 0 Å². The fourth-order valence-electron chi connectivity index (χ4n) is 2.16. The molecule has 0 bridgehead atoms. The molecule has 0 aliphatic heterocycles. The first kappa shape index (κ1) is 17.1. The molecular weight excluding hydrogens is 230 g/mol. The Balaban J connectivity index is 0.000000659. The third-order valence-electron chi connectivity index (χ3n) is 3.13. The topological polar surface area (TPSA) is 0 Å². The standard InChI is InChI=1S/C12H14F2.2C2H6/c1-8-11(13)6-10(7-12(8)14)9-4-2-3-5-9;2*1-2/h6-7,9H,2-5H2,1H3;2*1-2H3. The number of rotatable bonds is 1. The molecular formula is C16H26F2. The molecule has 2 heteroatoms. The van der Waals surface area contributed by atoms with Crippen molar-refractivity contribution in [3.05, 3.63) is 34.9 Å². The maximum Gasteiger partial charge on any atom is 0.129 e. The Bertz CT molecular complexity index is 316. The molecule has 1 aromatic carbocycles. The van der Waals surface area contributed by atoms with Gasteiger partial charge in [-0.15, -0.1) is 0 Å². The molecule has 1 aliphatic rings. The van der Waals surface area contributed by atoms with Gasteiger partial charge in [-0.2, -0.15) is 0 Å². The van der Waals surface area contributed by atoms with Gasteiger partial charge in [0.1, 0.15) is 11.6 Å². The summed E-state index contributed by atoms with van der Waals surface area (Å²) in [5.41, 5.74) is 0.967. The molecule has 1 saturated carbocycles. The van der Waals surface area contributed by atoms with Gasteiger partial charge in [-0.1, -0.05) is 40.5 Å². The summed E-state index contributed by atoms with van der Waals surface area (Å²) in [5.74, 6) is -0.446. The van der Waals surface area contributed by atoms with Crippen LogP contribution in [0, 0.1) is 18.6 Å². The smallest absolute Gasteiger partial charge is 0.129 e. The van der Waals surface area contributed by atoms with E-state index in [-0.39, 0.29) is 5.56 Å². The summed E-state index contributed by atoms with van der Waals surface area (Å²) < 4.78 is 26.5. The molecule has 0 atom stereocenters. The first-order chi connectivity index (χ1) is 8.68. The summed E-state index contributed by atoms with van der Waals surface area (Å²) in [6.07, 6.45) is 4.51. The third-order valence-corrected chi connectivity index (χ3v) is 3.13. The Morgan fingerprint density at radius 1 is 0.889 bits per heavy atom. The summed E-state index contributed by atoms with van der Waals surface area (Å²) in [7, 11) is 0. The molecule has 0 spiro atoms. The molecule has 18 heavy (non-hydrogen) atoms. The first-order valence-electron chi connectivity index (χ1n) is 7.14. The predicted molar refractivity (Wildman–Crippen MR) is 75.0 cm³/mol. The Morgan fingerprint density at radius 3 is 1.67 bits per heavy atom. The Hall–Kier alpha value is -0.920. The Morgan fingerprint density at radius 2 is 1.28 bits per heavy atom. The van der Waals surface area contributed by atoms with Crippen molar-refractivity contribution in [2.75, 3.05) is 0 Å². The zero-order valence-electron chi connectivity index (χ0n) is 12.3. The van der Waals surface area contributed by atoms with Gasteiger partial charge < -0.3 is 0 Å². The molecule has 1 aromatic rings. The van der Waals surface area contributed by atoms with Crippen LogP contribution in [-0.2, 0) is 0 Å². The van der Waals surface area contributed by atoms with Crippen LogP contribution >= 0.6 is 0 Å². The first-order valence-corrected chi connectivity index (χ1v) is 7.14. The minimum atomic E-state index is -0.410. The van der Waals surface area contributed by atoms with Gasteiger partial charge in [0.25, 0.3) is 0 Å². The number of hydrogen-bond acceptors (Lipinski definition) is 0. The largest absolute Gasteiger partial charge is 0.207 e. The Labute approximate surface area is 110 Å². The average molecular weight is 256 g/mol. The van der Waals surface area contributed by atoms with Crippen LogP contribution in [0.1, 0.15) is 70.4 Å². The lowest BCUT2D eigenvalue weighted by Crippen LogP contribution is -1.97. The quantitative estimate of drug-likeness (QED) is 0.579. The van der Waals surface area contributed by atoms with Gasteiger partial charge in [0, 0.05) is 5.56 Å². The van der Waals surface area contributed by atoms with Crippen LogP contribution in [0.5, 0.6) is 0 Å². The second kappa shape index (κ2) is 9.07. The van der Waals surface area contributed by atoms with E-state index >= 15 is 0 Å². The van der Waals surface area contributed by atoms with Crippen molar-refractivity contribution in [2.24, 2.45) is 0 Å². The van der Waals surface area contributed by atoms with Crippen LogP contribution in [0.25, 0.3) is 0 Å². The highest BCUT2D eigenvalue weighted by Crippen LogP contribution is 2.35. The summed E-state index contributed by atoms with van der Waals surface area (Å²) in [6, 6.07) is 2.99. The van der Waals surface area contributed by atoms with Crippen LogP contribution in [-0.4, -0.2) is 0 Å². The van der Waals surface area contributed by atoms with E-state index in [1.807, 2.05) is 27.7 Å². The lowest BCUT2D eigenvalue weighted by molar-refractivity contribution is 0.558. The number of hydrogen-bond donors (Lipinski definition) is 0. The molecule has 0 saturated heterocycles. The van der Waals surface area contributed by atoms with Crippen LogP contribution in [0.4, 0.5) is 8.78 Å². The molecule has 0 unspecified atom stereocenters. The van der Waals surface area contributed by atoms with E-state index in [0.717, 1.165) is 18.4 Å². The van der Waals surface area contributed by atoms with E-state index < -0.39 is 11.6 Å². The molecule has 0 radical (unpaired) electrons. The monoisotopic (exact) mass is 256 g/mol. The zero-order valence-corrected chi connectivity index (χ0v) is 12.3. The molecule has 1 fully saturated rings. The second-order valence-electron chi connectivity index (χ2n) is 4.09. The van der Waals surface area contributed by atoms with Gasteiger partial charge in [0.2, 0.25) is 0 Å².